The van der Waals surface area contributed by atoms with Gasteiger partial charge in [0.25, 0.3) is 5.91 Å². The number of carbonyl (C=O) groups excluding carboxylic acids is 2. The zero-order valence-corrected chi connectivity index (χ0v) is 14.5. The number of nitrogens with zero attached hydrogens (tertiary/aromatic N) is 1. The van der Waals surface area contributed by atoms with Crippen molar-refractivity contribution in [1.29, 1.82) is 0 Å². The second kappa shape index (κ2) is 6.89. The molecule has 8 heteroatoms. The van der Waals surface area contributed by atoms with E-state index < -0.39 is 35.2 Å². The number of amides is 2. The van der Waals surface area contributed by atoms with Crippen LogP contribution in [0.3, 0.4) is 0 Å². The quantitative estimate of drug-likeness (QED) is 0.670. The van der Waals surface area contributed by atoms with Crippen molar-refractivity contribution < 1.29 is 19.5 Å². The number of benzene rings is 1. The minimum absolute atomic E-state index is 0.0501. The normalized spacial score (nSPS) is 23.6. The number of nitrogens with one attached hydrogen (secondary N) is 1. The van der Waals surface area contributed by atoms with Gasteiger partial charge in [0, 0.05) is 5.75 Å². The Balaban J connectivity index is 1.73. The lowest BCUT2D eigenvalue weighted by Gasteiger charge is -2.49. The topological polar surface area (TPSA) is 113 Å². The zero-order chi connectivity index (χ0) is 18.1. The lowest BCUT2D eigenvalue weighted by atomic mass is 10.0. The summed E-state index contributed by atoms with van der Waals surface area (Å²) < 4.78 is 0. The summed E-state index contributed by atoms with van der Waals surface area (Å²) in [6.45, 7) is 1.86. The molecular weight excluding hydrogens is 342 g/mol. The molecule has 2 aliphatic rings. The van der Waals surface area contributed by atoms with Gasteiger partial charge in [0.2, 0.25) is 5.91 Å². The minimum atomic E-state index is -1.11. The predicted molar refractivity (Wildman–Crippen MR) is 93.3 cm³/mol. The van der Waals surface area contributed by atoms with E-state index in [0.717, 1.165) is 5.57 Å². The molecule has 0 aliphatic carbocycles. The van der Waals surface area contributed by atoms with Crippen LogP contribution in [0.15, 0.2) is 41.6 Å². The molecule has 25 heavy (non-hydrogen) atoms. The summed E-state index contributed by atoms with van der Waals surface area (Å²) >= 11 is 1.46. The van der Waals surface area contributed by atoms with Crippen LogP contribution in [-0.4, -0.2) is 45.0 Å². The average molecular weight is 361 g/mol. The summed E-state index contributed by atoms with van der Waals surface area (Å²) in [5.74, 6) is -1.44. The number of nitrogens with two attached hydrogens (primary N) is 1. The van der Waals surface area contributed by atoms with Crippen molar-refractivity contribution in [3.8, 4) is 0 Å². The monoisotopic (exact) mass is 361 g/mol. The number of carboxylic acid groups (broad SMARTS) is 1. The van der Waals surface area contributed by atoms with Crippen molar-refractivity contribution >= 4 is 29.5 Å². The smallest absolute Gasteiger partial charge is 0.352 e. The van der Waals surface area contributed by atoms with Crippen molar-refractivity contribution in [3.63, 3.8) is 0 Å². The molecule has 0 bridgehead atoms. The first-order valence-corrected chi connectivity index (χ1v) is 9.01. The van der Waals surface area contributed by atoms with Crippen molar-refractivity contribution in [3.05, 3.63) is 47.2 Å². The highest BCUT2D eigenvalue weighted by Crippen LogP contribution is 2.41. The third kappa shape index (κ3) is 3.03. The van der Waals surface area contributed by atoms with E-state index in [2.05, 4.69) is 5.32 Å². The molecular formula is C17H19N3O4S. The first-order chi connectivity index (χ1) is 12.0. The molecule has 3 rings (SSSR count). The average Bonchev–Trinajstić information content (AvgIpc) is 2.64. The van der Waals surface area contributed by atoms with Crippen LogP contribution in [0.1, 0.15) is 24.9 Å². The van der Waals surface area contributed by atoms with Gasteiger partial charge in [0.05, 0.1) is 0 Å². The summed E-state index contributed by atoms with van der Waals surface area (Å²) in [6.07, 6.45) is 0.570. The number of hydrogen-bond acceptors (Lipinski definition) is 5. The fraction of sp³-hybridized carbons (Fsp3) is 0.353. The van der Waals surface area contributed by atoms with E-state index in [4.69, 9.17) is 5.73 Å². The van der Waals surface area contributed by atoms with Crippen molar-refractivity contribution in [1.82, 2.24) is 10.2 Å². The molecule has 0 spiro atoms. The van der Waals surface area contributed by atoms with Crippen LogP contribution in [-0.2, 0) is 14.4 Å². The highest BCUT2D eigenvalue weighted by atomic mass is 32.2. The summed E-state index contributed by atoms with van der Waals surface area (Å²) in [5, 5.41) is 11.7. The molecule has 1 aromatic rings. The fourth-order valence-electron chi connectivity index (χ4n) is 3.01. The van der Waals surface area contributed by atoms with Gasteiger partial charge < -0.3 is 16.2 Å². The largest absolute Gasteiger partial charge is 0.477 e. The Bertz CT molecular complexity index is 750. The lowest BCUT2D eigenvalue weighted by molar-refractivity contribution is -0.150. The lowest BCUT2D eigenvalue weighted by Crippen LogP contribution is -2.71. The highest BCUT2D eigenvalue weighted by molar-refractivity contribution is 8.00. The van der Waals surface area contributed by atoms with E-state index in [0.29, 0.717) is 17.7 Å². The molecule has 0 aromatic heterocycles. The van der Waals surface area contributed by atoms with Crippen LogP contribution in [0.4, 0.5) is 0 Å². The summed E-state index contributed by atoms with van der Waals surface area (Å²) in [7, 11) is 0. The molecule has 0 unspecified atom stereocenters. The zero-order valence-electron chi connectivity index (χ0n) is 13.6. The van der Waals surface area contributed by atoms with Gasteiger partial charge >= 0.3 is 5.97 Å². The highest BCUT2D eigenvalue weighted by Gasteiger charge is 2.54. The first kappa shape index (κ1) is 17.5. The summed E-state index contributed by atoms with van der Waals surface area (Å²) in [4.78, 5) is 37.6. The Kier molecular flexibility index (Phi) is 4.82. The molecule has 132 valence electrons. The van der Waals surface area contributed by atoms with E-state index in [1.165, 1.54) is 16.7 Å². The third-order valence-corrected chi connectivity index (χ3v) is 5.76. The fourth-order valence-corrected chi connectivity index (χ4v) is 4.46. The maximum absolute atomic E-state index is 12.4. The number of aliphatic carboxylic acids is 1. The Morgan fingerprint density at radius 3 is 2.68 bits per heavy atom. The molecule has 4 N–H and O–H groups in total. The molecule has 7 nitrogen and oxygen atoms in total. The number of β-lactam (4-membered cyclic amide) rings is 1. The minimum Gasteiger partial charge on any atom is -0.477 e. The van der Waals surface area contributed by atoms with Gasteiger partial charge in [0.1, 0.15) is 23.2 Å². The molecule has 2 heterocycles. The van der Waals surface area contributed by atoms with Crippen molar-refractivity contribution in [2.75, 3.05) is 5.75 Å². The Labute approximate surface area is 149 Å². The number of carbonyl (C=O) groups is 3. The Hall–Kier alpha value is -2.32. The number of carboxylic acids is 1. The van der Waals surface area contributed by atoms with Gasteiger partial charge in [-0.05, 0) is 17.6 Å². The van der Waals surface area contributed by atoms with Gasteiger partial charge in [0.15, 0.2) is 0 Å². The maximum Gasteiger partial charge on any atom is 0.352 e. The number of rotatable bonds is 5. The number of thioether (sulfide) groups is 1. The second-order valence-electron chi connectivity index (χ2n) is 5.90. The standard InChI is InChI=1S/C17H19N3O4S/c1-2-9-8-25-16-12(15(22)20(16)13(9)17(23)24)19-14(21)11(18)10-6-4-3-5-7-10/h3-7,11-12,16H,2,8,18H2,1H3,(H,19,21)(H,23,24)/t11-,12-,16-/m1/s1. The first-order valence-electron chi connectivity index (χ1n) is 7.96. The van der Waals surface area contributed by atoms with Crippen molar-refractivity contribution in [2.24, 2.45) is 5.73 Å². The SMILES string of the molecule is CCC1=C(C(=O)O)N2C(=O)[C@@H](NC(=O)[C@H](N)c3ccccc3)[C@H]2SC1. The predicted octanol–water partition coefficient (Wildman–Crippen LogP) is 0.835. The van der Waals surface area contributed by atoms with E-state index in [9.17, 15) is 19.5 Å². The molecule has 0 saturated carbocycles. The van der Waals surface area contributed by atoms with E-state index in [-0.39, 0.29) is 5.70 Å². The van der Waals surface area contributed by atoms with E-state index in [1.54, 1.807) is 24.3 Å². The number of fused-ring (bicyclic) bond motifs is 1. The second-order valence-corrected chi connectivity index (χ2v) is 7.00. The van der Waals surface area contributed by atoms with Gasteiger partial charge in [-0.2, -0.15) is 0 Å². The van der Waals surface area contributed by atoms with E-state index in [1.807, 2.05) is 13.0 Å². The Morgan fingerprint density at radius 2 is 2.08 bits per heavy atom. The summed E-state index contributed by atoms with van der Waals surface area (Å²) in [5.41, 5.74) is 7.38. The van der Waals surface area contributed by atoms with Crippen LogP contribution >= 0.6 is 11.8 Å². The molecule has 2 amide bonds. The van der Waals surface area contributed by atoms with Crippen LogP contribution in [0.25, 0.3) is 0 Å². The van der Waals surface area contributed by atoms with Crippen molar-refractivity contribution in [2.45, 2.75) is 30.8 Å². The molecule has 1 fully saturated rings. The Morgan fingerprint density at radius 1 is 1.40 bits per heavy atom. The van der Waals surface area contributed by atoms with Gasteiger partial charge in [-0.1, -0.05) is 37.3 Å². The molecule has 2 aliphatic heterocycles. The maximum atomic E-state index is 12.4. The van der Waals surface area contributed by atoms with Crippen LogP contribution in [0, 0.1) is 0 Å². The van der Waals surface area contributed by atoms with Crippen LogP contribution in [0.5, 0.6) is 0 Å². The van der Waals surface area contributed by atoms with Crippen LogP contribution in [0.2, 0.25) is 0 Å². The van der Waals surface area contributed by atoms with Crippen LogP contribution < -0.4 is 11.1 Å². The third-order valence-electron chi connectivity index (χ3n) is 4.42. The summed E-state index contributed by atoms with van der Waals surface area (Å²) in [6, 6.07) is 7.25. The number of hydrogen-bond donors (Lipinski definition) is 3. The molecule has 0 radical (unpaired) electrons. The van der Waals surface area contributed by atoms with Gasteiger partial charge in [-0.15, -0.1) is 11.8 Å². The molecule has 1 saturated heterocycles. The molecule has 1 aromatic carbocycles. The van der Waals surface area contributed by atoms with Gasteiger partial charge in [-0.3, -0.25) is 14.5 Å². The van der Waals surface area contributed by atoms with Gasteiger partial charge in [-0.25, -0.2) is 4.79 Å². The van der Waals surface area contributed by atoms with E-state index >= 15 is 0 Å². The molecule has 3 atom stereocenters.